The van der Waals surface area contributed by atoms with Crippen molar-refractivity contribution in [2.45, 2.75) is 12.8 Å². The van der Waals surface area contributed by atoms with E-state index in [9.17, 15) is 4.79 Å². The van der Waals surface area contributed by atoms with Gasteiger partial charge in [-0.15, -0.1) is 0 Å². The Bertz CT molecular complexity index is 403. The number of pyridine rings is 1. The Hall–Kier alpha value is -1.62. The fourth-order valence-corrected chi connectivity index (χ4v) is 2.02. The van der Waals surface area contributed by atoms with E-state index in [0.29, 0.717) is 11.6 Å². The molecule has 1 aromatic rings. The van der Waals surface area contributed by atoms with Crippen molar-refractivity contribution < 1.29 is 9.53 Å². The van der Waals surface area contributed by atoms with Gasteiger partial charge < -0.3 is 15.4 Å². The number of carbonyl (C=O) groups excluding carboxylic acids is 1. The van der Waals surface area contributed by atoms with E-state index in [1.165, 1.54) is 6.42 Å². The zero-order valence-electron chi connectivity index (χ0n) is 10.6. The minimum atomic E-state index is -0.167. The van der Waals surface area contributed by atoms with Crippen LogP contribution in [0.5, 0.6) is 0 Å². The summed E-state index contributed by atoms with van der Waals surface area (Å²) in [4.78, 5) is 15.5. The average Bonchev–Trinajstić information content (AvgIpc) is 2.45. The second-order valence-corrected chi connectivity index (χ2v) is 4.47. The summed E-state index contributed by atoms with van der Waals surface area (Å²) in [7, 11) is 1.60. The third-order valence-electron chi connectivity index (χ3n) is 3.07. The molecule has 1 aliphatic heterocycles. The molecule has 0 bridgehead atoms. The van der Waals surface area contributed by atoms with E-state index in [2.05, 4.69) is 15.6 Å². The quantitative estimate of drug-likeness (QED) is 0.843. The summed E-state index contributed by atoms with van der Waals surface area (Å²) in [5.74, 6) is 0.384. The minimum absolute atomic E-state index is 0.167. The maximum Gasteiger partial charge on any atom is 0.269 e. The standard InChI is InChI=1S/C13H19N3O2/c1-14-13(17)12-7-11(4-5-15-12)16-8-10-3-2-6-18-9-10/h4-5,7,10H,2-3,6,8-9H2,1H3,(H,14,17)(H,15,16). The molecule has 0 radical (unpaired) electrons. The van der Waals surface area contributed by atoms with Crippen LogP contribution in [0, 0.1) is 5.92 Å². The Morgan fingerprint density at radius 1 is 1.61 bits per heavy atom. The number of ether oxygens (including phenoxy) is 1. The molecule has 98 valence electrons. The van der Waals surface area contributed by atoms with Crippen LogP contribution in [-0.4, -0.2) is 37.7 Å². The van der Waals surface area contributed by atoms with E-state index in [1.54, 1.807) is 19.3 Å². The first-order valence-electron chi connectivity index (χ1n) is 6.29. The zero-order valence-corrected chi connectivity index (χ0v) is 10.6. The second-order valence-electron chi connectivity index (χ2n) is 4.47. The first-order chi connectivity index (χ1) is 8.79. The lowest BCUT2D eigenvalue weighted by Crippen LogP contribution is -2.24. The van der Waals surface area contributed by atoms with Gasteiger partial charge in [0.05, 0.1) is 6.61 Å². The van der Waals surface area contributed by atoms with Crippen molar-refractivity contribution in [3.05, 3.63) is 24.0 Å². The lowest BCUT2D eigenvalue weighted by atomic mass is 10.0. The average molecular weight is 249 g/mol. The molecule has 1 saturated heterocycles. The fourth-order valence-electron chi connectivity index (χ4n) is 2.02. The highest BCUT2D eigenvalue weighted by Crippen LogP contribution is 2.15. The Balaban J connectivity index is 1.90. The van der Waals surface area contributed by atoms with Gasteiger partial charge in [0.15, 0.2) is 0 Å². The number of aromatic nitrogens is 1. The Morgan fingerprint density at radius 2 is 2.50 bits per heavy atom. The predicted molar refractivity (Wildman–Crippen MR) is 69.7 cm³/mol. The van der Waals surface area contributed by atoms with E-state index < -0.39 is 0 Å². The fraction of sp³-hybridized carbons (Fsp3) is 0.538. The van der Waals surface area contributed by atoms with Gasteiger partial charge in [-0.3, -0.25) is 9.78 Å². The summed E-state index contributed by atoms with van der Waals surface area (Å²) < 4.78 is 5.43. The summed E-state index contributed by atoms with van der Waals surface area (Å²) >= 11 is 0. The molecule has 1 unspecified atom stereocenters. The first-order valence-corrected chi connectivity index (χ1v) is 6.29. The number of carbonyl (C=O) groups is 1. The van der Waals surface area contributed by atoms with Crippen LogP contribution in [0.4, 0.5) is 5.69 Å². The van der Waals surface area contributed by atoms with E-state index in [4.69, 9.17) is 4.74 Å². The molecule has 1 atom stereocenters. The summed E-state index contributed by atoms with van der Waals surface area (Å²) in [6.45, 7) is 2.57. The number of hydrogen-bond donors (Lipinski definition) is 2. The van der Waals surface area contributed by atoms with Gasteiger partial charge in [0, 0.05) is 32.1 Å². The molecule has 1 aromatic heterocycles. The Labute approximate surface area is 107 Å². The highest BCUT2D eigenvalue weighted by Gasteiger charge is 2.13. The molecule has 18 heavy (non-hydrogen) atoms. The van der Waals surface area contributed by atoms with E-state index in [0.717, 1.165) is 31.9 Å². The molecular formula is C13H19N3O2. The maximum atomic E-state index is 11.5. The summed E-state index contributed by atoms with van der Waals surface area (Å²) in [6, 6.07) is 3.64. The molecular weight excluding hydrogens is 230 g/mol. The number of hydrogen-bond acceptors (Lipinski definition) is 4. The molecule has 0 spiro atoms. The van der Waals surface area contributed by atoms with Gasteiger partial charge >= 0.3 is 0 Å². The molecule has 2 heterocycles. The highest BCUT2D eigenvalue weighted by molar-refractivity contribution is 5.92. The van der Waals surface area contributed by atoms with Crippen LogP contribution >= 0.6 is 0 Å². The van der Waals surface area contributed by atoms with Crippen LogP contribution in [-0.2, 0) is 4.74 Å². The van der Waals surface area contributed by atoms with Crippen LogP contribution in [0.3, 0.4) is 0 Å². The Morgan fingerprint density at radius 3 is 3.22 bits per heavy atom. The molecule has 1 fully saturated rings. The predicted octanol–water partition coefficient (Wildman–Crippen LogP) is 1.28. The van der Waals surface area contributed by atoms with Crippen molar-refractivity contribution in [3.8, 4) is 0 Å². The zero-order chi connectivity index (χ0) is 12.8. The summed E-state index contributed by atoms with van der Waals surface area (Å²) in [5, 5.41) is 5.90. The Kier molecular flexibility index (Phi) is 4.52. The molecule has 5 nitrogen and oxygen atoms in total. The van der Waals surface area contributed by atoms with Crippen LogP contribution in [0.1, 0.15) is 23.3 Å². The maximum absolute atomic E-state index is 11.5. The number of nitrogens with zero attached hydrogens (tertiary/aromatic N) is 1. The van der Waals surface area contributed by atoms with E-state index in [-0.39, 0.29) is 5.91 Å². The van der Waals surface area contributed by atoms with E-state index in [1.807, 2.05) is 6.07 Å². The molecule has 0 aliphatic carbocycles. The second kappa shape index (κ2) is 6.35. The van der Waals surface area contributed by atoms with Gasteiger partial charge in [-0.05, 0) is 30.9 Å². The van der Waals surface area contributed by atoms with Gasteiger partial charge in [0.25, 0.3) is 5.91 Å². The monoisotopic (exact) mass is 249 g/mol. The number of nitrogens with one attached hydrogen (secondary N) is 2. The number of rotatable bonds is 4. The van der Waals surface area contributed by atoms with Gasteiger partial charge in [-0.2, -0.15) is 0 Å². The third kappa shape index (κ3) is 3.43. The minimum Gasteiger partial charge on any atom is -0.385 e. The van der Waals surface area contributed by atoms with Gasteiger partial charge in [-0.25, -0.2) is 0 Å². The van der Waals surface area contributed by atoms with Gasteiger partial charge in [0.1, 0.15) is 5.69 Å². The summed E-state index contributed by atoms with van der Waals surface area (Å²) in [5.41, 5.74) is 1.36. The van der Waals surface area contributed by atoms with Crippen molar-refractivity contribution in [1.29, 1.82) is 0 Å². The van der Waals surface area contributed by atoms with Crippen molar-refractivity contribution in [2.75, 3.05) is 32.1 Å². The molecule has 2 rings (SSSR count). The summed E-state index contributed by atoms with van der Waals surface area (Å²) in [6.07, 6.45) is 3.97. The largest absolute Gasteiger partial charge is 0.385 e. The molecule has 2 N–H and O–H groups in total. The lowest BCUT2D eigenvalue weighted by Gasteiger charge is -2.22. The van der Waals surface area contributed by atoms with Gasteiger partial charge in [-0.1, -0.05) is 0 Å². The smallest absolute Gasteiger partial charge is 0.269 e. The normalized spacial score (nSPS) is 19.3. The third-order valence-corrected chi connectivity index (χ3v) is 3.07. The van der Waals surface area contributed by atoms with Crippen LogP contribution in [0.15, 0.2) is 18.3 Å². The van der Waals surface area contributed by atoms with Gasteiger partial charge in [0.2, 0.25) is 0 Å². The van der Waals surface area contributed by atoms with Crippen LogP contribution in [0.2, 0.25) is 0 Å². The van der Waals surface area contributed by atoms with Crippen molar-refractivity contribution in [1.82, 2.24) is 10.3 Å². The van der Waals surface area contributed by atoms with Crippen molar-refractivity contribution in [2.24, 2.45) is 5.92 Å². The van der Waals surface area contributed by atoms with Crippen LogP contribution < -0.4 is 10.6 Å². The molecule has 5 heteroatoms. The topological polar surface area (TPSA) is 63.2 Å². The SMILES string of the molecule is CNC(=O)c1cc(NCC2CCCOC2)ccn1. The molecule has 1 aliphatic rings. The number of amides is 1. The van der Waals surface area contributed by atoms with Crippen LogP contribution in [0.25, 0.3) is 0 Å². The number of anilines is 1. The highest BCUT2D eigenvalue weighted by atomic mass is 16.5. The first kappa shape index (κ1) is 12.8. The molecule has 0 saturated carbocycles. The molecule has 0 aromatic carbocycles. The lowest BCUT2D eigenvalue weighted by molar-refractivity contribution is 0.0595. The van der Waals surface area contributed by atoms with E-state index >= 15 is 0 Å². The molecule has 1 amide bonds. The van der Waals surface area contributed by atoms with Crippen molar-refractivity contribution >= 4 is 11.6 Å². The van der Waals surface area contributed by atoms with Crippen molar-refractivity contribution in [3.63, 3.8) is 0 Å².